The normalized spacial score (nSPS) is 17.2. The van der Waals surface area contributed by atoms with Gasteiger partial charge in [0, 0.05) is 41.2 Å². The summed E-state index contributed by atoms with van der Waals surface area (Å²) in [5.74, 6) is 0.721. The van der Waals surface area contributed by atoms with E-state index in [-0.39, 0.29) is 23.8 Å². The Bertz CT molecular complexity index is 2270. The lowest BCUT2D eigenvalue weighted by atomic mass is 9.97. The van der Waals surface area contributed by atoms with E-state index >= 15 is 0 Å². The molecule has 4 aromatic carbocycles. The van der Waals surface area contributed by atoms with E-state index in [0.29, 0.717) is 54.7 Å². The molecule has 3 aliphatic heterocycles. The lowest BCUT2D eigenvalue weighted by Gasteiger charge is -2.34. The number of benzene rings is 4. The van der Waals surface area contributed by atoms with Gasteiger partial charge in [-0.25, -0.2) is 14.4 Å². The molecule has 314 valence electrons. The molecule has 3 fully saturated rings. The number of hydrogen-bond donors (Lipinski definition) is 1. The Morgan fingerprint density at radius 3 is 1.53 bits per heavy atom. The van der Waals surface area contributed by atoms with E-state index in [9.17, 15) is 24.3 Å². The first-order valence-electron chi connectivity index (χ1n) is 21.1. The smallest absolute Gasteiger partial charge is 0.338 e. The van der Waals surface area contributed by atoms with E-state index < -0.39 is 11.6 Å². The van der Waals surface area contributed by atoms with E-state index in [1.807, 2.05) is 68.1 Å². The highest BCUT2D eigenvalue weighted by molar-refractivity contribution is 5.98. The fourth-order valence-corrected chi connectivity index (χ4v) is 8.36. The molecule has 0 aromatic heterocycles. The molecule has 0 radical (unpaired) electrons. The highest BCUT2D eigenvalue weighted by Gasteiger charge is 2.37. The first kappa shape index (κ1) is 40.7. The monoisotopic (exact) mass is 815 g/mol. The Morgan fingerprint density at radius 1 is 0.617 bits per heavy atom. The van der Waals surface area contributed by atoms with Gasteiger partial charge in [0.05, 0.1) is 48.3 Å². The number of hydrogen-bond acceptors (Lipinski definition) is 10. The zero-order valence-corrected chi connectivity index (χ0v) is 34.8. The predicted octanol–water partition coefficient (Wildman–Crippen LogP) is 9.26. The van der Waals surface area contributed by atoms with Crippen molar-refractivity contribution in [1.29, 1.82) is 0 Å². The van der Waals surface area contributed by atoms with Crippen LogP contribution in [0.5, 0.6) is 11.5 Å². The predicted molar refractivity (Wildman–Crippen MR) is 228 cm³/mol. The number of piperidine rings is 1. The second kappa shape index (κ2) is 16.9. The zero-order chi connectivity index (χ0) is 42.1. The first-order valence-corrected chi connectivity index (χ1v) is 21.1. The second-order valence-electron chi connectivity index (χ2n) is 17.0. The number of amides is 1. The maximum atomic E-state index is 13.3. The maximum Gasteiger partial charge on any atom is 0.338 e. The number of carboxylic acids is 1. The van der Waals surface area contributed by atoms with Crippen molar-refractivity contribution in [3.05, 3.63) is 106 Å². The summed E-state index contributed by atoms with van der Waals surface area (Å²) in [6.07, 6.45) is 7.57. The summed E-state index contributed by atoms with van der Waals surface area (Å²) >= 11 is 0. The van der Waals surface area contributed by atoms with Crippen LogP contribution in [0.2, 0.25) is 0 Å². The maximum absolute atomic E-state index is 13.3. The zero-order valence-electron chi connectivity index (χ0n) is 34.8. The van der Waals surface area contributed by atoms with Gasteiger partial charge in [0.2, 0.25) is 0 Å². The summed E-state index contributed by atoms with van der Waals surface area (Å²) in [6, 6.07) is 22.2. The Labute approximate surface area is 351 Å². The number of carbonyl (C=O) groups excluding carboxylic acids is 3. The minimum atomic E-state index is -0.919. The van der Waals surface area contributed by atoms with Crippen LogP contribution in [0.1, 0.15) is 130 Å². The SMILES string of the molecule is CC(C)(C)OC(=O)c1ccc(N2CCOc3c2ccc(C(=O)O)c3C2CC2)cc1.COC(=O)c1ccc(N2CCOc3c2ccc(C(=O)N2CCCCC2)c3C2CC2)cc1. The van der Waals surface area contributed by atoms with Crippen LogP contribution in [0.15, 0.2) is 72.8 Å². The van der Waals surface area contributed by atoms with E-state index in [2.05, 4.69) is 9.80 Å². The van der Waals surface area contributed by atoms with Gasteiger partial charge >= 0.3 is 17.9 Å². The molecule has 60 heavy (non-hydrogen) atoms. The average Bonchev–Trinajstić information content (AvgIpc) is 4.21. The Hall–Kier alpha value is -6.04. The van der Waals surface area contributed by atoms with Gasteiger partial charge in [-0.05, 0) is 150 Å². The number of carbonyl (C=O) groups is 4. The molecule has 2 saturated carbocycles. The van der Waals surface area contributed by atoms with Crippen molar-refractivity contribution >= 4 is 46.6 Å². The number of likely N-dealkylation sites (tertiary alicyclic amines) is 1. The Balaban J connectivity index is 0.000000167. The fourth-order valence-electron chi connectivity index (χ4n) is 8.36. The summed E-state index contributed by atoms with van der Waals surface area (Å²) in [5, 5.41) is 9.58. The van der Waals surface area contributed by atoms with Gasteiger partial charge < -0.3 is 38.8 Å². The molecule has 1 amide bonds. The molecule has 2 aliphatic carbocycles. The van der Waals surface area contributed by atoms with Gasteiger partial charge in [-0.15, -0.1) is 0 Å². The highest BCUT2D eigenvalue weighted by Crippen LogP contribution is 2.52. The van der Waals surface area contributed by atoms with Gasteiger partial charge in [0.1, 0.15) is 30.3 Å². The van der Waals surface area contributed by atoms with Gasteiger partial charge in [0.25, 0.3) is 5.91 Å². The fraction of sp³-hybridized carbons (Fsp3) is 0.417. The molecular formula is C48H53N3O9. The molecule has 0 bridgehead atoms. The molecule has 4 aromatic rings. The number of carboxylic acid groups (broad SMARTS) is 1. The molecule has 1 saturated heterocycles. The van der Waals surface area contributed by atoms with Crippen LogP contribution in [0.4, 0.5) is 22.7 Å². The van der Waals surface area contributed by atoms with Crippen LogP contribution in [-0.2, 0) is 9.47 Å². The first-order chi connectivity index (χ1) is 28.9. The summed E-state index contributed by atoms with van der Waals surface area (Å²) < 4.78 is 22.3. The summed E-state index contributed by atoms with van der Waals surface area (Å²) in [4.78, 5) is 55.4. The summed E-state index contributed by atoms with van der Waals surface area (Å²) in [6.45, 7) is 9.62. The molecule has 5 aliphatic rings. The summed E-state index contributed by atoms with van der Waals surface area (Å²) in [5.41, 5.74) is 7.30. The third-order valence-corrected chi connectivity index (χ3v) is 11.5. The number of ether oxygens (including phenoxy) is 4. The highest BCUT2D eigenvalue weighted by atomic mass is 16.6. The van der Waals surface area contributed by atoms with E-state index in [4.69, 9.17) is 18.9 Å². The van der Waals surface area contributed by atoms with Crippen LogP contribution >= 0.6 is 0 Å². The molecule has 3 heterocycles. The summed E-state index contributed by atoms with van der Waals surface area (Å²) in [7, 11) is 1.39. The largest absolute Gasteiger partial charge is 0.489 e. The van der Waals surface area contributed by atoms with Crippen molar-refractivity contribution in [2.24, 2.45) is 0 Å². The van der Waals surface area contributed by atoms with Gasteiger partial charge in [0.15, 0.2) is 0 Å². The van der Waals surface area contributed by atoms with E-state index in [1.54, 1.807) is 30.3 Å². The molecule has 0 atom stereocenters. The number of fused-ring (bicyclic) bond motifs is 2. The number of anilines is 4. The van der Waals surface area contributed by atoms with Crippen molar-refractivity contribution in [1.82, 2.24) is 4.90 Å². The topological polar surface area (TPSA) is 135 Å². The van der Waals surface area contributed by atoms with Crippen molar-refractivity contribution in [2.75, 3.05) is 56.3 Å². The number of aromatic carboxylic acids is 1. The van der Waals surface area contributed by atoms with Crippen LogP contribution < -0.4 is 19.3 Å². The van der Waals surface area contributed by atoms with Crippen LogP contribution in [-0.4, -0.2) is 85.9 Å². The number of nitrogens with zero attached hydrogens (tertiary/aromatic N) is 3. The molecule has 0 unspecified atom stereocenters. The van der Waals surface area contributed by atoms with Gasteiger partial charge in [-0.3, -0.25) is 4.79 Å². The molecule has 1 N–H and O–H groups in total. The third-order valence-electron chi connectivity index (χ3n) is 11.5. The Kier molecular flexibility index (Phi) is 11.5. The molecule has 0 spiro atoms. The van der Waals surface area contributed by atoms with Crippen molar-refractivity contribution in [2.45, 2.75) is 83.2 Å². The third kappa shape index (κ3) is 8.64. The second-order valence-corrected chi connectivity index (χ2v) is 17.0. The average molecular weight is 816 g/mol. The van der Waals surface area contributed by atoms with E-state index in [1.165, 1.54) is 13.5 Å². The van der Waals surface area contributed by atoms with Crippen molar-refractivity contribution in [3.8, 4) is 11.5 Å². The van der Waals surface area contributed by atoms with Crippen LogP contribution in [0, 0.1) is 0 Å². The number of rotatable bonds is 8. The van der Waals surface area contributed by atoms with Gasteiger partial charge in [-0.1, -0.05) is 0 Å². The Morgan fingerprint density at radius 2 is 1.08 bits per heavy atom. The van der Waals surface area contributed by atoms with Crippen molar-refractivity contribution in [3.63, 3.8) is 0 Å². The molecule has 12 heteroatoms. The quantitative estimate of drug-likeness (QED) is 0.171. The van der Waals surface area contributed by atoms with Gasteiger partial charge in [-0.2, -0.15) is 0 Å². The lowest BCUT2D eigenvalue weighted by Crippen LogP contribution is -2.36. The molecular weight excluding hydrogens is 763 g/mol. The van der Waals surface area contributed by atoms with E-state index in [0.717, 1.165) is 96.8 Å². The number of esters is 2. The lowest BCUT2D eigenvalue weighted by molar-refractivity contribution is 0.00689. The number of methoxy groups -OCH3 is 1. The van der Waals surface area contributed by atoms with Crippen LogP contribution in [0.3, 0.4) is 0 Å². The molecule has 9 rings (SSSR count). The minimum Gasteiger partial charge on any atom is -0.489 e. The standard InChI is InChI=1S/C25H28N2O4.C23H25NO5/c1-30-25(29)18-7-9-19(10-8-18)27-15-16-31-23-21(27)12-11-20(22(23)17-5-6-17)24(28)26-13-3-2-4-14-26;1-23(2,3)29-22(27)15-6-8-16(9-7-15)24-12-13-28-20-18(24)11-10-17(21(25)26)19(20)14-4-5-14/h7-12,17H,2-6,13-16H2,1H3;6-11,14H,4-5,12-13H2,1-3H3,(H,25,26). The van der Waals surface area contributed by atoms with Crippen LogP contribution in [0.25, 0.3) is 0 Å². The minimum absolute atomic E-state index is 0.146. The van der Waals surface area contributed by atoms with Crippen molar-refractivity contribution < 1.29 is 43.2 Å². The molecule has 12 nitrogen and oxygen atoms in total.